The average Bonchev–Trinajstić information content (AvgIpc) is 3.76. The van der Waals surface area contributed by atoms with Crippen molar-refractivity contribution in [1.82, 2.24) is 19.8 Å². The van der Waals surface area contributed by atoms with E-state index in [2.05, 4.69) is 32.2 Å². The number of benzene rings is 1. The topological polar surface area (TPSA) is 176 Å². The molecule has 12 nitrogen and oxygen atoms in total. The molecule has 2 amide bonds. The summed E-state index contributed by atoms with van der Waals surface area (Å²) < 4.78 is 6.06. The third-order valence-corrected chi connectivity index (χ3v) is 7.29. The lowest BCUT2D eigenvalue weighted by Crippen LogP contribution is -2.29. The lowest BCUT2D eigenvalue weighted by Gasteiger charge is -2.15. The van der Waals surface area contributed by atoms with Gasteiger partial charge in [-0.05, 0) is 62.7 Å². The van der Waals surface area contributed by atoms with E-state index in [0.29, 0.717) is 53.7 Å². The Morgan fingerprint density at radius 2 is 1.95 bits per heavy atom. The molecule has 5 rings (SSSR count). The van der Waals surface area contributed by atoms with Gasteiger partial charge in [0.2, 0.25) is 5.91 Å². The molecular formula is C31H33N9O3. The fourth-order valence-electron chi connectivity index (χ4n) is 4.76. The van der Waals surface area contributed by atoms with Gasteiger partial charge in [0.1, 0.15) is 34.5 Å². The van der Waals surface area contributed by atoms with Gasteiger partial charge in [0, 0.05) is 55.8 Å². The fraction of sp³-hybridized carbons (Fsp3) is 0.290. The van der Waals surface area contributed by atoms with Crippen LogP contribution in [0.25, 0.3) is 0 Å². The molecule has 1 saturated carbocycles. The second kappa shape index (κ2) is 13.1. The maximum atomic E-state index is 12.7. The van der Waals surface area contributed by atoms with Crippen molar-refractivity contribution >= 4 is 29.3 Å². The summed E-state index contributed by atoms with van der Waals surface area (Å²) in [5.74, 6) is 0.993. The number of nitriles is 1. The van der Waals surface area contributed by atoms with Crippen molar-refractivity contribution in [1.29, 1.82) is 5.26 Å². The summed E-state index contributed by atoms with van der Waals surface area (Å²) in [6.45, 7) is 1.81. The van der Waals surface area contributed by atoms with E-state index in [1.807, 2.05) is 12.1 Å². The van der Waals surface area contributed by atoms with Crippen LogP contribution in [0, 0.1) is 11.3 Å². The number of aromatic nitrogens is 2. The minimum atomic E-state index is -0.385. The van der Waals surface area contributed by atoms with E-state index in [1.165, 1.54) is 31.3 Å². The van der Waals surface area contributed by atoms with Crippen molar-refractivity contribution in [2.24, 2.45) is 10.7 Å². The van der Waals surface area contributed by atoms with Gasteiger partial charge in [-0.25, -0.2) is 9.97 Å². The van der Waals surface area contributed by atoms with Crippen LogP contribution in [0.2, 0.25) is 0 Å². The first-order valence-electron chi connectivity index (χ1n) is 14.0. The second-order valence-electron chi connectivity index (χ2n) is 10.5. The SMILES string of the molecule is CN(C/C=C/C(=O)N1CCC(N=C(N)c2c(Oc3ccc(C(=O)Nc4cc(C#N)ccn4)cc3)ccnc2N)C1)C1CC1. The van der Waals surface area contributed by atoms with Crippen LogP contribution < -0.4 is 21.5 Å². The Morgan fingerprint density at radius 1 is 1.19 bits per heavy atom. The van der Waals surface area contributed by atoms with Crippen LogP contribution in [0.4, 0.5) is 11.6 Å². The van der Waals surface area contributed by atoms with Crippen molar-refractivity contribution in [2.75, 3.05) is 37.7 Å². The Hall–Kier alpha value is -5.28. The van der Waals surface area contributed by atoms with E-state index in [-0.39, 0.29) is 35.3 Å². The molecule has 1 unspecified atom stereocenters. The van der Waals surface area contributed by atoms with Crippen LogP contribution in [-0.4, -0.2) is 76.2 Å². The molecule has 1 saturated heterocycles. The van der Waals surface area contributed by atoms with Crippen molar-refractivity contribution in [3.05, 3.63) is 83.7 Å². The standard InChI is InChI=1S/C31H33N9O3/c1-39(23-6-7-23)15-2-3-27(41)40-16-12-22(19-40)37-30(34)28-25(11-14-36-29(28)33)43-24-8-4-21(5-9-24)31(42)38-26-17-20(18-32)10-13-35-26/h2-5,8-11,13-14,17,22-23H,6-7,12,15-16,19H2,1H3,(H2,33,36)(H2,34,37)(H,35,38,42)/b3-2+. The van der Waals surface area contributed by atoms with E-state index in [1.54, 1.807) is 47.4 Å². The first-order chi connectivity index (χ1) is 20.8. The molecule has 2 fully saturated rings. The number of nitrogens with one attached hydrogen (secondary N) is 1. The zero-order chi connectivity index (χ0) is 30.3. The summed E-state index contributed by atoms with van der Waals surface area (Å²) in [4.78, 5) is 42.2. The Labute approximate surface area is 249 Å². The molecular weight excluding hydrogens is 546 g/mol. The van der Waals surface area contributed by atoms with Crippen molar-refractivity contribution < 1.29 is 14.3 Å². The number of nitrogens with zero attached hydrogens (tertiary/aromatic N) is 6. The van der Waals surface area contributed by atoms with E-state index in [0.717, 1.165) is 6.54 Å². The predicted molar refractivity (Wildman–Crippen MR) is 163 cm³/mol. The molecule has 2 aliphatic rings. The normalized spacial score (nSPS) is 16.8. The van der Waals surface area contributed by atoms with Crippen LogP contribution in [-0.2, 0) is 4.79 Å². The number of nitrogen functional groups attached to an aromatic ring is 1. The smallest absolute Gasteiger partial charge is 0.256 e. The number of anilines is 2. The summed E-state index contributed by atoms with van der Waals surface area (Å²) in [6, 6.07) is 13.6. The lowest BCUT2D eigenvalue weighted by atomic mass is 10.2. The van der Waals surface area contributed by atoms with Gasteiger partial charge in [0.25, 0.3) is 5.91 Å². The van der Waals surface area contributed by atoms with Gasteiger partial charge >= 0.3 is 0 Å². The highest BCUT2D eigenvalue weighted by atomic mass is 16.5. The average molecular weight is 580 g/mol. The number of likely N-dealkylation sites (N-methyl/N-ethyl adjacent to an activating group) is 1. The van der Waals surface area contributed by atoms with Crippen molar-refractivity contribution in [3.63, 3.8) is 0 Å². The van der Waals surface area contributed by atoms with Crippen LogP contribution in [0.15, 0.2) is 72.0 Å². The van der Waals surface area contributed by atoms with Crippen LogP contribution in [0.3, 0.4) is 0 Å². The summed E-state index contributed by atoms with van der Waals surface area (Å²) in [6.07, 6.45) is 9.64. The number of aliphatic imine (C=N–C) groups is 1. The third-order valence-electron chi connectivity index (χ3n) is 7.29. The Kier molecular flexibility index (Phi) is 8.93. The molecule has 1 aromatic carbocycles. The maximum Gasteiger partial charge on any atom is 0.256 e. The summed E-state index contributed by atoms with van der Waals surface area (Å²) in [5, 5.41) is 11.7. The highest BCUT2D eigenvalue weighted by molar-refractivity contribution is 6.04. The van der Waals surface area contributed by atoms with E-state index >= 15 is 0 Å². The van der Waals surface area contributed by atoms with Gasteiger partial charge < -0.3 is 26.4 Å². The van der Waals surface area contributed by atoms with Gasteiger partial charge in [-0.1, -0.05) is 6.08 Å². The quantitative estimate of drug-likeness (QED) is 0.185. The summed E-state index contributed by atoms with van der Waals surface area (Å²) >= 11 is 0. The van der Waals surface area contributed by atoms with Gasteiger partial charge in [0.05, 0.1) is 17.7 Å². The number of amidine groups is 1. The first kappa shape index (κ1) is 29.2. The Bertz CT molecular complexity index is 1590. The maximum absolute atomic E-state index is 12.7. The molecule has 1 aliphatic carbocycles. The molecule has 3 aromatic rings. The Morgan fingerprint density at radius 3 is 2.70 bits per heavy atom. The molecule has 2 aromatic heterocycles. The molecule has 3 heterocycles. The number of carbonyl (C=O) groups is 2. The van der Waals surface area contributed by atoms with Gasteiger partial charge in [-0.3, -0.25) is 19.5 Å². The molecule has 43 heavy (non-hydrogen) atoms. The lowest BCUT2D eigenvalue weighted by molar-refractivity contribution is -0.125. The zero-order valence-corrected chi connectivity index (χ0v) is 23.8. The molecule has 0 spiro atoms. The minimum absolute atomic E-state index is 0.0329. The summed E-state index contributed by atoms with van der Waals surface area (Å²) in [5.41, 5.74) is 13.7. The molecule has 5 N–H and O–H groups in total. The van der Waals surface area contributed by atoms with E-state index in [9.17, 15) is 9.59 Å². The fourth-order valence-corrected chi connectivity index (χ4v) is 4.76. The molecule has 1 aliphatic heterocycles. The highest BCUT2D eigenvalue weighted by Gasteiger charge is 2.27. The van der Waals surface area contributed by atoms with Gasteiger partial charge in [0.15, 0.2) is 0 Å². The largest absolute Gasteiger partial charge is 0.456 e. The molecule has 220 valence electrons. The first-order valence-corrected chi connectivity index (χ1v) is 14.0. The van der Waals surface area contributed by atoms with Crippen LogP contribution in [0.1, 0.15) is 40.7 Å². The minimum Gasteiger partial charge on any atom is -0.456 e. The number of ether oxygens (including phenoxy) is 1. The van der Waals surface area contributed by atoms with Crippen LogP contribution >= 0.6 is 0 Å². The monoisotopic (exact) mass is 579 g/mol. The van der Waals surface area contributed by atoms with Gasteiger partial charge in [-0.15, -0.1) is 0 Å². The highest BCUT2D eigenvalue weighted by Crippen LogP contribution is 2.29. The molecule has 12 heteroatoms. The van der Waals surface area contributed by atoms with E-state index in [4.69, 9.17) is 21.5 Å². The Balaban J connectivity index is 1.21. The number of carbonyl (C=O) groups excluding carboxylic acids is 2. The number of likely N-dealkylation sites (tertiary alicyclic amines) is 1. The summed E-state index contributed by atoms with van der Waals surface area (Å²) in [7, 11) is 2.07. The molecule has 0 bridgehead atoms. The number of nitrogens with two attached hydrogens (primary N) is 2. The molecule has 0 radical (unpaired) electrons. The van der Waals surface area contributed by atoms with E-state index < -0.39 is 0 Å². The number of amides is 2. The van der Waals surface area contributed by atoms with Crippen molar-refractivity contribution in [2.45, 2.75) is 31.3 Å². The number of rotatable bonds is 10. The molecule has 1 atom stereocenters. The second-order valence-corrected chi connectivity index (χ2v) is 10.5. The number of pyridine rings is 2. The number of hydrogen-bond donors (Lipinski definition) is 3. The number of hydrogen-bond acceptors (Lipinski definition) is 9. The van der Waals surface area contributed by atoms with Crippen LogP contribution in [0.5, 0.6) is 11.5 Å². The predicted octanol–water partition coefficient (Wildman–Crippen LogP) is 2.93. The zero-order valence-electron chi connectivity index (χ0n) is 23.8. The van der Waals surface area contributed by atoms with Gasteiger partial charge in [-0.2, -0.15) is 5.26 Å². The van der Waals surface area contributed by atoms with Crippen molar-refractivity contribution in [3.8, 4) is 17.6 Å². The third kappa shape index (κ3) is 7.52.